The van der Waals surface area contributed by atoms with Crippen molar-refractivity contribution in [1.29, 1.82) is 0 Å². The molecule has 0 aliphatic carbocycles. The number of hydrogen-bond acceptors (Lipinski definition) is 7. The fourth-order valence-corrected chi connectivity index (χ4v) is 3.16. The van der Waals surface area contributed by atoms with Crippen LogP contribution in [-0.2, 0) is 16.1 Å². The molecule has 15 heteroatoms. The van der Waals surface area contributed by atoms with Crippen molar-refractivity contribution in [1.82, 2.24) is 19.2 Å². The number of aromatic nitrogens is 4. The van der Waals surface area contributed by atoms with Crippen LogP contribution in [0.3, 0.4) is 0 Å². The number of fused-ring (bicyclic) bond motifs is 1. The van der Waals surface area contributed by atoms with Gasteiger partial charge in [0.2, 0.25) is 0 Å². The van der Waals surface area contributed by atoms with Gasteiger partial charge in [0.15, 0.2) is 5.65 Å². The van der Waals surface area contributed by atoms with Gasteiger partial charge < -0.3 is 20.5 Å². The number of hydrogen-bond donors (Lipinski definition) is 2. The van der Waals surface area contributed by atoms with E-state index in [4.69, 9.17) is 20.4 Å². The number of rotatable bonds is 4. The molecule has 3 N–H and O–H groups in total. The molecule has 0 bridgehead atoms. The molecule has 1 fully saturated rings. The van der Waals surface area contributed by atoms with Gasteiger partial charge in [-0.3, -0.25) is 4.40 Å². The minimum Gasteiger partial charge on any atom is -0.475 e. The number of nitrogens with zero attached hydrogens (tertiary/aromatic N) is 5. The molecule has 38 heavy (non-hydrogen) atoms. The van der Waals surface area contributed by atoms with Gasteiger partial charge in [0, 0.05) is 48.7 Å². The van der Waals surface area contributed by atoms with Gasteiger partial charge in [0.1, 0.15) is 5.82 Å². The van der Waals surface area contributed by atoms with E-state index < -0.39 is 23.9 Å². The molecule has 0 spiro atoms. The fraction of sp³-hybridized carbons (Fsp3) is 0.304. The number of halogens is 5. The summed E-state index contributed by atoms with van der Waals surface area (Å²) in [7, 11) is 0. The number of alkyl halides is 3. The molecular weight excluding hydrogens is 519 g/mol. The maximum Gasteiger partial charge on any atom is 0.490 e. The summed E-state index contributed by atoms with van der Waals surface area (Å²) in [5.74, 6) is 4.17. The molecule has 4 heterocycles. The van der Waals surface area contributed by atoms with Gasteiger partial charge >= 0.3 is 17.8 Å². The van der Waals surface area contributed by atoms with Crippen LogP contribution in [-0.4, -0.2) is 69.3 Å². The summed E-state index contributed by atoms with van der Waals surface area (Å²) in [6.07, 6.45) is -3.75. The lowest BCUT2D eigenvalue weighted by Gasteiger charge is -2.27. The molecule has 1 aliphatic rings. The number of nitrogens with two attached hydrogens (primary N) is 1. The van der Waals surface area contributed by atoms with Crippen LogP contribution in [0.25, 0.3) is 5.65 Å². The number of anilines is 1. The predicted molar refractivity (Wildman–Crippen MR) is 125 cm³/mol. The second kappa shape index (κ2) is 12.3. The summed E-state index contributed by atoms with van der Waals surface area (Å²) in [6, 6.07) is 7.11. The molecule has 0 atom stereocenters. The number of aliphatic carboxylic acids is 1. The molecule has 0 radical (unpaired) electrons. The summed E-state index contributed by atoms with van der Waals surface area (Å²) < 4.78 is 65.0. The third kappa shape index (κ3) is 7.37. The lowest BCUT2D eigenvalue weighted by Crippen LogP contribution is -2.36. The van der Waals surface area contributed by atoms with E-state index in [1.165, 1.54) is 10.6 Å². The van der Waals surface area contributed by atoms with Gasteiger partial charge in [0.05, 0.1) is 19.8 Å². The first-order valence-electron chi connectivity index (χ1n) is 10.9. The number of carbonyl (C=O) groups is 1. The van der Waals surface area contributed by atoms with Gasteiger partial charge in [-0.1, -0.05) is 11.8 Å². The number of carboxylic acid groups (broad SMARTS) is 1. The van der Waals surface area contributed by atoms with Gasteiger partial charge in [-0.05, 0) is 24.3 Å². The van der Waals surface area contributed by atoms with E-state index in [0.717, 1.165) is 29.2 Å². The highest BCUT2D eigenvalue weighted by molar-refractivity contribution is 5.73. The summed E-state index contributed by atoms with van der Waals surface area (Å²) in [4.78, 5) is 27.9. The van der Waals surface area contributed by atoms with E-state index in [1.807, 2.05) is 12.1 Å². The van der Waals surface area contributed by atoms with Gasteiger partial charge in [-0.25, -0.2) is 19.3 Å². The summed E-state index contributed by atoms with van der Waals surface area (Å²) in [6.45, 7) is 2.29. The zero-order chi connectivity index (χ0) is 27.9. The van der Waals surface area contributed by atoms with Crippen LogP contribution in [0.5, 0.6) is 0 Å². The van der Waals surface area contributed by atoms with Crippen LogP contribution in [0.2, 0.25) is 0 Å². The van der Waals surface area contributed by atoms with Crippen LogP contribution < -0.4 is 16.3 Å². The van der Waals surface area contributed by atoms with E-state index in [1.54, 1.807) is 18.3 Å². The molecular formula is C23H21F5N6O4. The average molecular weight is 540 g/mol. The fourth-order valence-electron chi connectivity index (χ4n) is 3.16. The Balaban J connectivity index is 0.000000505. The molecule has 0 unspecified atom stereocenters. The molecule has 202 valence electrons. The largest absolute Gasteiger partial charge is 0.490 e. The first kappa shape index (κ1) is 28.3. The predicted octanol–water partition coefficient (Wildman–Crippen LogP) is 1.87. The lowest BCUT2D eigenvalue weighted by molar-refractivity contribution is -0.192. The highest BCUT2D eigenvalue weighted by Gasteiger charge is 2.38. The van der Waals surface area contributed by atoms with Crippen LogP contribution in [0.15, 0.2) is 53.1 Å². The van der Waals surface area contributed by atoms with Crippen molar-refractivity contribution >= 4 is 17.4 Å². The maximum absolute atomic E-state index is 12.8. The van der Waals surface area contributed by atoms with Crippen LogP contribution >= 0.6 is 0 Å². The Bertz CT molecular complexity index is 1430. The Morgan fingerprint density at radius 2 is 1.79 bits per heavy atom. The molecule has 10 nitrogen and oxygen atoms in total. The maximum atomic E-state index is 12.8. The van der Waals surface area contributed by atoms with Crippen molar-refractivity contribution in [2.45, 2.75) is 12.7 Å². The Hall–Kier alpha value is -4.29. The highest BCUT2D eigenvalue weighted by atomic mass is 19.4. The molecule has 1 saturated heterocycles. The SMILES string of the molecule is NCC(Cn1nc2cc(C#Cc3ccc(N4CCOCC4)nc3)ccn2c1=O)=C(F)F.O=C(O)C(F)(F)F. The highest BCUT2D eigenvalue weighted by Crippen LogP contribution is 2.14. The van der Waals surface area contributed by atoms with Gasteiger partial charge in [-0.15, -0.1) is 5.10 Å². The normalized spacial score (nSPS) is 13.3. The topological polar surface area (TPSA) is 128 Å². The summed E-state index contributed by atoms with van der Waals surface area (Å²) in [5.41, 5.74) is 6.15. The van der Waals surface area contributed by atoms with Crippen molar-refractivity contribution in [2.24, 2.45) is 5.73 Å². The van der Waals surface area contributed by atoms with Crippen LogP contribution in [0.4, 0.5) is 27.8 Å². The Morgan fingerprint density at radius 3 is 2.34 bits per heavy atom. The van der Waals surface area contributed by atoms with Crippen molar-refractivity contribution in [3.05, 3.63) is 69.9 Å². The summed E-state index contributed by atoms with van der Waals surface area (Å²) in [5, 5.41) is 11.2. The third-order valence-corrected chi connectivity index (χ3v) is 5.12. The second-order valence-corrected chi connectivity index (χ2v) is 7.71. The molecule has 0 amide bonds. The van der Waals surface area contributed by atoms with Crippen molar-refractivity contribution in [2.75, 3.05) is 37.7 Å². The van der Waals surface area contributed by atoms with E-state index in [0.29, 0.717) is 24.4 Å². The molecule has 1 aliphatic heterocycles. The molecule has 4 rings (SSSR count). The van der Waals surface area contributed by atoms with E-state index in [9.17, 15) is 26.7 Å². The first-order chi connectivity index (χ1) is 18.0. The van der Waals surface area contributed by atoms with Gasteiger partial charge in [-0.2, -0.15) is 22.0 Å². The summed E-state index contributed by atoms with van der Waals surface area (Å²) >= 11 is 0. The Morgan fingerprint density at radius 1 is 1.13 bits per heavy atom. The van der Waals surface area contributed by atoms with E-state index in [-0.39, 0.29) is 18.7 Å². The van der Waals surface area contributed by atoms with Crippen LogP contribution in [0, 0.1) is 11.8 Å². The number of ether oxygens (including phenoxy) is 1. The van der Waals surface area contributed by atoms with Crippen molar-refractivity contribution < 1.29 is 36.6 Å². The third-order valence-electron chi connectivity index (χ3n) is 5.12. The van der Waals surface area contributed by atoms with Crippen molar-refractivity contribution in [3.63, 3.8) is 0 Å². The molecule has 3 aromatic rings. The number of carboxylic acids is 1. The second-order valence-electron chi connectivity index (χ2n) is 7.71. The van der Waals surface area contributed by atoms with Gasteiger partial charge in [0.25, 0.3) is 6.08 Å². The van der Waals surface area contributed by atoms with E-state index >= 15 is 0 Å². The first-order valence-corrected chi connectivity index (χ1v) is 10.9. The smallest absolute Gasteiger partial charge is 0.475 e. The molecule has 0 saturated carbocycles. The Kier molecular flexibility index (Phi) is 9.16. The quantitative estimate of drug-likeness (QED) is 0.379. The monoisotopic (exact) mass is 540 g/mol. The molecule has 0 aromatic carbocycles. The van der Waals surface area contributed by atoms with E-state index in [2.05, 4.69) is 26.8 Å². The standard InChI is InChI=1S/C21H20F2N6O2.C2HF3O2/c22-20(23)17(12-24)14-29-21(30)28-6-5-15(11-19(28)26-29)1-2-16-3-4-18(25-13-16)27-7-9-31-10-8-27;3-2(4,5)1(6)7/h3-6,11,13H,7-10,12,14,24H2;(H,6,7). The Labute approximate surface area is 211 Å². The van der Waals surface area contributed by atoms with Crippen LogP contribution in [0.1, 0.15) is 11.1 Å². The minimum absolute atomic E-state index is 0.313. The number of morpholine rings is 1. The zero-order valence-electron chi connectivity index (χ0n) is 19.6. The zero-order valence-corrected chi connectivity index (χ0v) is 19.6. The molecule has 3 aromatic heterocycles. The van der Waals surface area contributed by atoms with Crippen molar-refractivity contribution in [3.8, 4) is 11.8 Å². The number of pyridine rings is 2. The lowest BCUT2D eigenvalue weighted by atomic mass is 10.2. The average Bonchev–Trinajstić information content (AvgIpc) is 3.20. The minimum atomic E-state index is -5.08.